The Bertz CT molecular complexity index is 1670. The zero-order valence-electron chi connectivity index (χ0n) is 38.9. The van der Waals surface area contributed by atoms with Crippen LogP contribution in [0.1, 0.15) is 123 Å². The van der Waals surface area contributed by atoms with Gasteiger partial charge in [-0.1, -0.05) is 142 Å². The second-order valence-corrected chi connectivity index (χ2v) is 17.0. The summed E-state index contributed by atoms with van der Waals surface area (Å²) in [6, 6.07) is 0. The van der Waals surface area contributed by atoms with E-state index in [-0.39, 0.29) is 18.6 Å². The van der Waals surface area contributed by atoms with Gasteiger partial charge in [0.25, 0.3) is 0 Å². The zero-order valence-corrected chi connectivity index (χ0v) is 39.8. The Morgan fingerprint density at radius 1 is 0.530 bits per heavy atom. The van der Waals surface area contributed by atoms with Crippen molar-refractivity contribution in [2.75, 3.05) is 13.2 Å². The molecule has 1 aliphatic carbocycles. The number of allylic oxidation sites excluding steroid dienone is 20. The molecule has 15 heteroatoms. The minimum Gasteiger partial charge on any atom is -0.462 e. The van der Waals surface area contributed by atoms with Crippen molar-refractivity contribution in [2.45, 2.75) is 166 Å². The lowest BCUT2D eigenvalue weighted by atomic mass is 9.85. The van der Waals surface area contributed by atoms with Crippen molar-refractivity contribution in [3.8, 4) is 0 Å². The Morgan fingerprint density at radius 3 is 1.55 bits per heavy atom. The molecule has 1 fully saturated rings. The summed E-state index contributed by atoms with van der Waals surface area (Å²) in [5, 5.41) is 50.2. The molecule has 0 aliphatic heterocycles. The van der Waals surface area contributed by atoms with E-state index in [2.05, 4.69) is 62.5 Å². The van der Waals surface area contributed by atoms with Crippen molar-refractivity contribution in [1.82, 2.24) is 0 Å². The molecule has 1 saturated carbocycles. The van der Waals surface area contributed by atoms with Crippen LogP contribution in [0.5, 0.6) is 0 Å². The number of carbonyl (C=O) groups excluding carboxylic acids is 3. The normalized spacial score (nSPS) is 22.3. The van der Waals surface area contributed by atoms with E-state index in [1.54, 1.807) is 12.2 Å². The van der Waals surface area contributed by atoms with E-state index in [1.165, 1.54) is 0 Å². The first-order chi connectivity index (χ1) is 31.8. The van der Waals surface area contributed by atoms with Crippen molar-refractivity contribution < 1.29 is 67.9 Å². The van der Waals surface area contributed by atoms with Gasteiger partial charge in [-0.25, -0.2) is 4.57 Å². The molecule has 6 N–H and O–H groups in total. The molecule has 66 heavy (non-hydrogen) atoms. The van der Waals surface area contributed by atoms with Gasteiger partial charge in [0.1, 0.15) is 43.2 Å². The zero-order chi connectivity index (χ0) is 48.7. The van der Waals surface area contributed by atoms with Crippen LogP contribution in [-0.4, -0.2) is 104 Å². The van der Waals surface area contributed by atoms with Crippen LogP contribution in [0.2, 0.25) is 0 Å². The van der Waals surface area contributed by atoms with Gasteiger partial charge >= 0.3 is 19.8 Å². The lowest BCUT2D eigenvalue weighted by Gasteiger charge is -2.41. The second kappa shape index (κ2) is 39.0. The first-order valence-electron chi connectivity index (χ1n) is 23.3. The molecule has 0 aromatic heterocycles. The third-order valence-electron chi connectivity index (χ3n) is 9.78. The number of phosphoric ester groups is 1. The third-order valence-corrected chi connectivity index (χ3v) is 10.8. The number of aliphatic hydroxyl groups excluding tert-OH is 5. The average Bonchev–Trinajstić information content (AvgIpc) is 3.29. The SMILES string of the molecule is CC/C=C\C/C=C\C/C=C\C/C=C\C/C=C\C/C=C\CCC(=O)O[C@H](COC(=O)CCC/C=C\C/C=C\C/C=C\C=C\C(=O)CCCCC)COP(=O)(O)OC1[C@H](O)[C@H](O)C(O)[C@H](O)[C@H]1O. The van der Waals surface area contributed by atoms with Crippen LogP contribution in [0.15, 0.2) is 122 Å². The first kappa shape index (κ1) is 59.9. The molecule has 370 valence electrons. The van der Waals surface area contributed by atoms with Gasteiger partial charge < -0.3 is 39.9 Å². The van der Waals surface area contributed by atoms with Gasteiger partial charge in [0.2, 0.25) is 0 Å². The monoisotopic (exact) mass is 945 g/mol. The van der Waals surface area contributed by atoms with Gasteiger partial charge in [-0.15, -0.1) is 0 Å². The summed E-state index contributed by atoms with van der Waals surface area (Å²) in [7, 11) is -5.17. The maximum absolute atomic E-state index is 12.8. The average molecular weight is 945 g/mol. The molecule has 0 aromatic rings. The fraction of sp³-hybridized carbons (Fsp3) is 0.549. The molecular weight excluding hydrogens is 868 g/mol. The molecule has 8 atom stereocenters. The van der Waals surface area contributed by atoms with Crippen LogP contribution in [0, 0.1) is 0 Å². The number of phosphoric acid groups is 1. The van der Waals surface area contributed by atoms with Gasteiger partial charge in [0.15, 0.2) is 11.9 Å². The van der Waals surface area contributed by atoms with Crippen LogP contribution in [0.3, 0.4) is 0 Å². The van der Waals surface area contributed by atoms with Crippen LogP contribution in [-0.2, 0) is 37.5 Å². The molecule has 1 rings (SSSR count). The van der Waals surface area contributed by atoms with Gasteiger partial charge in [0, 0.05) is 19.3 Å². The van der Waals surface area contributed by atoms with Crippen molar-refractivity contribution in [3.05, 3.63) is 122 Å². The number of hydrogen-bond donors (Lipinski definition) is 6. The van der Waals surface area contributed by atoms with Crippen molar-refractivity contribution >= 4 is 25.5 Å². The molecular formula is C51H77O14P. The van der Waals surface area contributed by atoms with Gasteiger partial charge in [-0.2, -0.15) is 0 Å². The fourth-order valence-corrected chi connectivity index (χ4v) is 7.00. The Labute approximate surface area is 392 Å². The highest BCUT2D eigenvalue weighted by Gasteiger charge is 2.51. The number of carbonyl (C=O) groups is 3. The number of hydrogen-bond acceptors (Lipinski definition) is 13. The number of unbranched alkanes of at least 4 members (excludes halogenated alkanes) is 3. The molecule has 0 radical (unpaired) electrons. The lowest BCUT2D eigenvalue weighted by molar-refractivity contribution is -0.220. The van der Waals surface area contributed by atoms with E-state index in [0.29, 0.717) is 38.5 Å². The maximum atomic E-state index is 12.8. The topological polar surface area (TPSA) is 227 Å². The maximum Gasteiger partial charge on any atom is 0.472 e. The highest BCUT2D eigenvalue weighted by atomic mass is 31.2. The van der Waals surface area contributed by atoms with Crippen LogP contribution in [0.4, 0.5) is 0 Å². The van der Waals surface area contributed by atoms with E-state index >= 15 is 0 Å². The molecule has 14 nitrogen and oxygen atoms in total. The Balaban J connectivity index is 2.58. The predicted molar refractivity (Wildman–Crippen MR) is 258 cm³/mol. The van der Waals surface area contributed by atoms with Crippen LogP contribution in [0.25, 0.3) is 0 Å². The quantitative estimate of drug-likeness (QED) is 0.00864. The second-order valence-electron chi connectivity index (χ2n) is 15.6. The summed E-state index contributed by atoms with van der Waals surface area (Å²) in [4.78, 5) is 47.4. The molecule has 0 bridgehead atoms. The van der Waals surface area contributed by atoms with E-state index < -0.39 is 75.7 Å². The smallest absolute Gasteiger partial charge is 0.462 e. The fourth-order valence-electron chi connectivity index (χ4n) is 6.02. The summed E-state index contributed by atoms with van der Waals surface area (Å²) in [5.74, 6) is -1.18. The minimum atomic E-state index is -5.17. The third kappa shape index (κ3) is 31.0. The summed E-state index contributed by atoms with van der Waals surface area (Å²) in [5.41, 5.74) is 0. The van der Waals surface area contributed by atoms with Gasteiger partial charge in [-0.3, -0.25) is 23.4 Å². The lowest BCUT2D eigenvalue weighted by Crippen LogP contribution is -2.64. The molecule has 1 aliphatic rings. The number of aliphatic hydroxyl groups is 5. The molecule has 0 aromatic carbocycles. The minimum absolute atomic E-state index is 0.0410. The molecule has 3 unspecified atom stereocenters. The first-order valence-corrected chi connectivity index (χ1v) is 24.8. The Hall–Kier alpha value is -4.08. The van der Waals surface area contributed by atoms with E-state index in [4.69, 9.17) is 18.5 Å². The van der Waals surface area contributed by atoms with Crippen molar-refractivity contribution in [1.29, 1.82) is 0 Å². The van der Waals surface area contributed by atoms with Crippen LogP contribution < -0.4 is 0 Å². The predicted octanol–water partition coefficient (Wildman–Crippen LogP) is 8.56. The summed E-state index contributed by atoms with van der Waals surface area (Å²) >= 11 is 0. The van der Waals surface area contributed by atoms with E-state index in [0.717, 1.165) is 57.8 Å². The summed E-state index contributed by atoms with van der Waals surface area (Å²) in [6.07, 6.45) is 38.2. The van der Waals surface area contributed by atoms with Crippen molar-refractivity contribution in [3.63, 3.8) is 0 Å². The standard InChI is InChI=1S/C51H77O14P/c1-3-5-7-8-9-10-11-12-13-14-15-16-17-18-21-25-28-31-35-39-45(54)64-43(41-63-66(60,61)65-51-49(58)47(56)46(55)48(57)50(51)59)40-62-44(53)38-34-30-27-24-22-19-20-23-26-29-33-37-42(52)36-32-6-4-2/h5,7,9-10,12-13,15-16,18-21,24,26-29,31,33,37,43,46-51,55-59H,3-4,6,8,11,14,17,22-23,25,30,32,34-36,38-41H2,1-2H3,(H,60,61)/b7-5-,10-9-,13-12-,16-15-,20-19-,21-18-,27-24-,29-26-,31-28-,37-33+/t43-,46?,47-,48+,49-,50-,51?/m1/s1. The highest BCUT2D eigenvalue weighted by Crippen LogP contribution is 2.47. The van der Waals surface area contributed by atoms with Gasteiger partial charge in [0.05, 0.1) is 6.61 Å². The van der Waals surface area contributed by atoms with E-state index in [1.807, 2.05) is 60.8 Å². The molecule has 0 amide bonds. The highest BCUT2D eigenvalue weighted by molar-refractivity contribution is 7.47. The van der Waals surface area contributed by atoms with Crippen LogP contribution >= 0.6 is 7.82 Å². The summed E-state index contributed by atoms with van der Waals surface area (Å²) in [6.45, 7) is 2.89. The molecule has 0 spiro atoms. The largest absolute Gasteiger partial charge is 0.472 e. The summed E-state index contributed by atoms with van der Waals surface area (Å²) < 4.78 is 33.3. The van der Waals surface area contributed by atoms with E-state index in [9.17, 15) is 49.4 Å². The Morgan fingerprint density at radius 2 is 1.02 bits per heavy atom. The number of ketones is 1. The van der Waals surface area contributed by atoms with Crippen molar-refractivity contribution in [2.24, 2.45) is 0 Å². The number of ether oxygens (including phenoxy) is 2. The van der Waals surface area contributed by atoms with Gasteiger partial charge in [-0.05, 0) is 83.1 Å². The number of rotatable bonds is 36. The molecule has 0 heterocycles. The Kier molecular flexibility index (Phi) is 35.4. The number of esters is 2. The molecule has 0 saturated heterocycles.